The number of carbonyl (C=O) groups is 1. The molecular weight excluding hydrogens is 304 g/mol. The molecule has 0 radical (unpaired) electrons. The fraction of sp³-hybridized carbons (Fsp3) is 0.188. The van der Waals surface area contributed by atoms with Crippen LogP contribution < -0.4 is 4.74 Å². The zero-order chi connectivity index (χ0) is 14.0. The molecule has 0 atom stereocenters. The number of ketones is 1. The minimum Gasteiger partial charge on any atom is -0.457 e. The Morgan fingerprint density at radius 2 is 1.68 bits per heavy atom. The van der Waals surface area contributed by atoms with Crippen molar-refractivity contribution in [1.82, 2.24) is 0 Å². The first-order valence-electron chi connectivity index (χ1n) is 6.02. The highest BCUT2D eigenvalue weighted by Gasteiger charge is 2.10. The topological polar surface area (TPSA) is 26.3 Å². The summed E-state index contributed by atoms with van der Waals surface area (Å²) in [6.07, 6.45) is 0. The van der Waals surface area contributed by atoms with Gasteiger partial charge in [0.25, 0.3) is 0 Å². The molecule has 0 fully saturated rings. The van der Waals surface area contributed by atoms with Gasteiger partial charge in [0.15, 0.2) is 5.78 Å². The molecule has 0 saturated heterocycles. The smallest absolute Gasteiger partial charge is 0.163 e. The van der Waals surface area contributed by atoms with Crippen LogP contribution in [0.25, 0.3) is 0 Å². The van der Waals surface area contributed by atoms with Crippen LogP contribution in [0.5, 0.6) is 11.5 Å². The maximum atomic E-state index is 11.6. The summed E-state index contributed by atoms with van der Waals surface area (Å²) in [5, 5.41) is 0. The van der Waals surface area contributed by atoms with Crippen LogP contribution in [0, 0.1) is 13.8 Å². The van der Waals surface area contributed by atoms with Gasteiger partial charge in [-0.15, -0.1) is 0 Å². The van der Waals surface area contributed by atoms with Gasteiger partial charge in [0.2, 0.25) is 0 Å². The number of carbonyl (C=O) groups excluding carboxylic acids is 1. The predicted molar refractivity (Wildman–Crippen MR) is 80.1 cm³/mol. The number of Topliss-reactive ketones (excluding diaryl/α,β-unsaturated/α-hetero) is 1. The fourth-order valence-electron chi connectivity index (χ4n) is 1.99. The molecule has 0 aliphatic carbocycles. The Morgan fingerprint density at radius 1 is 1.05 bits per heavy atom. The molecule has 0 spiro atoms. The van der Waals surface area contributed by atoms with E-state index in [1.54, 1.807) is 12.1 Å². The van der Waals surface area contributed by atoms with Gasteiger partial charge in [-0.1, -0.05) is 22.0 Å². The SMILES string of the molecule is CC(=O)c1cc(Br)ccc1Oc1cc(C)cc(C)c1. The number of benzene rings is 2. The summed E-state index contributed by atoms with van der Waals surface area (Å²) in [5.41, 5.74) is 2.85. The lowest BCUT2D eigenvalue weighted by Crippen LogP contribution is -1.97. The molecule has 2 aromatic rings. The number of aryl methyl sites for hydroxylation is 2. The first-order valence-corrected chi connectivity index (χ1v) is 6.81. The van der Waals surface area contributed by atoms with Crippen molar-refractivity contribution in [2.45, 2.75) is 20.8 Å². The van der Waals surface area contributed by atoms with E-state index in [2.05, 4.69) is 22.0 Å². The summed E-state index contributed by atoms with van der Waals surface area (Å²) in [6, 6.07) is 11.4. The first-order chi connectivity index (χ1) is 8.95. The normalized spacial score (nSPS) is 10.3. The Balaban J connectivity index is 2.40. The van der Waals surface area contributed by atoms with Gasteiger partial charge in [0.05, 0.1) is 5.56 Å². The second-order valence-electron chi connectivity index (χ2n) is 4.62. The molecule has 98 valence electrons. The largest absolute Gasteiger partial charge is 0.457 e. The van der Waals surface area contributed by atoms with Crippen LogP contribution in [-0.4, -0.2) is 5.78 Å². The summed E-state index contributed by atoms with van der Waals surface area (Å²) in [5.74, 6) is 1.32. The number of ether oxygens (including phenoxy) is 1. The van der Waals surface area contributed by atoms with Gasteiger partial charge in [-0.2, -0.15) is 0 Å². The Hall–Kier alpha value is -1.61. The van der Waals surface area contributed by atoms with Crippen LogP contribution >= 0.6 is 15.9 Å². The van der Waals surface area contributed by atoms with E-state index in [4.69, 9.17) is 4.74 Å². The number of hydrogen-bond acceptors (Lipinski definition) is 2. The molecule has 0 aliphatic rings. The third-order valence-electron chi connectivity index (χ3n) is 2.74. The third kappa shape index (κ3) is 3.44. The molecule has 3 heteroatoms. The van der Waals surface area contributed by atoms with E-state index in [9.17, 15) is 4.79 Å². The van der Waals surface area contributed by atoms with Crippen LogP contribution in [-0.2, 0) is 0 Å². The van der Waals surface area contributed by atoms with Gasteiger partial charge in [-0.05, 0) is 62.2 Å². The Bertz CT molecular complexity index is 612. The summed E-state index contributed by atoms with van der Waals surface area (Å²) < 4.78 is 6.71. The zero-order valence-electron chi connectivity index (χ0n) is 11.2. The summed E-state index contributed by atoms with van der Waals surface area (Å²) >= 11 is 3.37. The van der Waals surface area contributed by atoms with Crippen molar-refractivity contribution < 1.29 is 9.53 Å². The monoisotopic (exact) mass is 318 g/mol. The van der Waals surface area contributed by atoms with Gasteiger partial charge in [-0.25, -0.2) is 0 Å². The molecule has 0 saturated carbocycles. The van der Waals surface area contributed by atoms with Crippen molar-refractivity contribution in [1.29, 1.82) is 0 Å². The summed E-state index contributed by atoms with van der Waals surface area (Å²) in [6.45, 7) is 5.58. The highest BCUT2D eigenvalue weighted by atomic mass is 79.9. The molecule has 2 nitrogen and oxygen atoms in total. The van der Waals surface area contributed by atoms with Crippen molar-refractivity contribution >= 4 is 21.7 Å². The first kappa shape index (κ1) is 13.8. The van der Waals surface area contributed by atoms with E-state index in [1.165, 1.54) is 6.92 Å². The fourth-order valence-corrected chi connectivity index (χ4v) is 2.35. The van der Waals surface area contributed by atoms with Gasteiger partial charge in [-0.3, -0.25) is 4.79 Å². The molecule has 0 heterocycles. The highest BCUT2D eigenvalue weighted by molar-refractivity contribution is 9.10. The average molecular weight is 319 g/mol. The average Bonchev–Trinajstić information content (AvgIpc) is 2.30. The third-order valence-corrected chi connectivity index (χ3v) is 3.24. The Kier molecular flexibility index (Phi) is 4.05. The molecule has 0 amide bonds. The van der Waals surface area contributed by atoms with Gasteiger partial charge >= 0.3 is 0 Å². The lowest BCUT2D eigenvalue weighted by molar-refractivity contribution is 0.101. The van der Waals surface area contributed by atoms with Crippen LogP contribution in [0.1, 0.15) is 28.4 Å². The number of halogens is 1. The predicted octanol–water partition coefficient (Wildman–Crippen LogP) is 5.06. The maximum absolute atomic E-state index is 11.6. The van der Waals surface area contributed by atoms with Crippen LogP contribution in [0.15, 0.2) is 40.9 Å². The van der Waals surface area contributed by atoms with Crippen LogP contribution in [0.4, 0.5) is 0 Å². The molecule has 2 rings (SSSR count). The molecule has 19 heavy (non-hydrogen) atoms. The Morgan fingerprint density at radius 3 is 2.26 bits per heavy atom. The minimum atomic E-state index is -0.0133. The van der Waals surface area contributed by atoms with Gasteiger partial charge in [0.1, 0.15) is 11.5 Å². The quantitative estimate of drug-likeness (QED) is 0.739. The van der Waals surface area contributed by atoms with Crippen molar-refractivity contribution in [2.75, 3.05) is 0 Å². The molecule has 0 aliphatic heterocycles. The van der Waals surface area contributed by atoms with E-state index < -0.39 is 0 Å². The van der Waals surface area contributed by atoms with E-state index in [1.807, 2.05) is 32.0 Å². The molecule has 0 unspecified atom stereocenters. The van der Waals surface area contributed by atoms with Gasteiger partial charge < -0.3 is 4.74 Å². The van der Waals surface area contributed by atoms with Gasteiger partial charge in [0, 0.05) is 4.47 Å². The molecular formula is C16H15BrO2. The molecule has 0 aromatic heterocycles. The van der Waals surface area contributed by atoms with E-state index in [0.29, 0.717) is 11.3 Å². The van der Waals surface area contributed by atoms with Crippen molar-refractivity contribution in [3.8, 4) is 11.5 Å². The van der Waals surface area contributed by atoms with Crippen molar-refractivity contribution in [3.05, 3.63) is 57.6 Å². The highest BCUT2D eigenvalue weighted by Crippen LogP contribution is 2.29. The molecule has 2 aromatic carbocycles. The number of rotatable bonds is 3. The molecule has 0 bridgehead atoms. The summed E-state index contributed by atoms with van der Waals surface area (Å²) in [7, 11) is 0. The lowest BCUT2D eigenvalue weighted by Gasteiger charge is -2.11. The maximum Gasteiger partial charge on any atom is 0.163 e. The van der Waals surface area contributed by atoms with Crippen molar-refractivity contribution in [3.63, 3.8) is 0 Å². The van der Waals surface area contributed by atoms with E-state index in [0.717, 1.165) is 21.3 Å². The lowest BCUT2D eigenvalue weighted by atomic mass is 10.1. The number of hydrogen-bond donors (Lipinski definition) is 0. The van der Waals surface area contributed by atoms with Crippen molar-refractivity contribution in [2.24, 2.45) is 0 Å². The van der Waals surface area contributed by atoms with Crippen LogP contribution in [0.3, 0.4) is 0 Å². The zero-order valence-corrected chi connectivity index (χ0v) is 12.7. The minimum absolute atomic E-state index is 0.0133. The molecule has 0 N–H and O–H groups in total. The summed E-state index contributed by atoms with van der Waals surface area (Å²) in [4.78, 5) is 11.6. The van der Waals surface area contributed by atoms with E-state index in [-0.39, 0.29) is 5.78 Å². The standard InChI is InChI=1S/C16H15BrO2/c1-10-6-11(2)8-14(7-10)19-16-5-4-13(17)9-15(16)12(3)18/h4-9H,1-3H3. The second-order valence-corrected chi connectivity index (χ2v) is 5.54. The van der Waals surface area contributed by atoms with E-state index >= 15 is 0 Å². The second kappa shape index (κ2) is 5.57. The Labute approximate surface area is 121 Å². The van der Waals surface area contributed by atoms with Crippen LogP contribution in [0.2, 0.25) is 0 Å².